The minimum Gasteiger partial charge on any atom is -0.493 e. The molecule has 122 valence electrons. The fourth-order valence-electron chi connectivity index (χ4n) is 2.75. The zero-order valence-corrected chi connectivity index (χ0v) is 14.9. The van der Waals surface area contributed by atoms with Gasteiger partial charge in [-0.3, -0.25) is 4.79 Å². The molecule has 1 aliphatic rings. The van der Waals surface area contributed by atoms with Gasteiger partial charge in [0, 0.05) is 0 Å². The van der Waals surface area contributed by atoms with Gasteiger partial charge in [-0.2, -0.15) is 0 Å². The standard InChI is InChI=1S/C17H23BrO4/c1-17(2,16(19)20)10-11-8-13(18)15(14(9-11)21-3)22-12-6-4-5-7-12/h8-9,12H,4-7,10H2,1-3H3,(H,19,20). The van der Waals surface area contributed by atoms with E-state index in [2.05, 4.69) is 15.9 Å². The molecule has 0 amide bonds. The molecule has 1 aromatic carbocycles. The summed E-state index contributed by atoms with van der Waals surface area (Å²) in [6.07, 6.45) is 5.23. The van der Waals surface area contributed by atoms with Crippen LogP contribution in [0.5, 0.6) is 11.5 Å². The molecule has 1 aliphatic carbocycles. The molecule has 0 unspecified atom stereocenters. The van der Waals surface area contributed by atoms with Gasteiger partial charge < -0.3 is 14.6 Å². The molecule has 0 spiro atoms. The van der Waals surface area contributed by atoms with Crippen LogP contribution in [0, 0.1) is 5.41 Å². The Bertz CT molecular complexity index is 548. The first-order chi connectivity index (χ1) is 10.3. The fourth-order valence-corrected chi connectivity index (χ4v) is 3.33. The molecule has 0 bridgehead atoms. The second kappa shape index (κ2) is 6.90. The SMILES string of the molecule is COc1cc(CC(C)(C)C(=O)O)cc(Br)c1OC1CCCC1. The number of carboxylic acids is 1. The first kappa shape index (κ1) is 17.1. The quantitative estimate of drug-likeness (QED) is 0.804. The monoisotopic (exact) mass is 370 g/mol. The van der Waals surface area contributed by atoms with E-state index in [0.29, 0.717) is 17.9 Å². The maximum absolute atomic E-state index is 11.3. The lowest BCUT2D eigenvalue weighted by Crippen LogP contribution is -2.26. The summed E-state index contributed by atoms with van der Waals surface area (Å²) in [4.78, 5) is 11.3. The van der Waals surface area contributed by atoms with Crippen molar-refractivity contribution in [2.45, 2.75) is 52.1 Å². The highest BCUT2D eigenvalue weighted by Crippen LogP contribution is 2.40. The van der Waals surface area contributed by atoms with Crippen LogP contribution in [0.4, 0.5) is 0 Å². The number of methoxy groups -OCH3 is 1. The molecule has 0 atom stereocenters. The van der Waals surface area contributed by atoms with Crippen molar-refractivity contribution in [3.63, 3.8) is 0 Å². The normalized spacial score (nSPS) is 15.8. The van der Waals surface area contributed by atoms with Crippen LogP contribution in [0.15, 0.2) is 16.6 Å². The molecule has 0 heterocycles. The molecule has 2 rings (SSSR count). The van der Waals surface area contributed by atoms with Crippen LogP contribution in [0.2, 0.25) is 0 Å². The maximum Gasteiger partial charge on any atom is 0.309 e. The third kappa shape index (κ3) is 3.94. The summed E-state index contributed by atoms with van der Waals surface area (Å²) < 4.78 is 12.3. The lowest BCUT2D eigenvalue weighted by molar-refractivity contribution is -0.146. The number of aliphatic carboxylic acids is 1. The Morgan fingerprint density at radius 1 is 1.36 bits per heavy atom. The number of carbonyl (C=O) groups is 1. The van der Waals surface area contributed by atoms with E-state index in [1.165, 1.54) is 12.8 Å². The van der Waals surface area contributed by atoms with Crippen LogP contribution < -0.4 is 9.47 Å². The molecule has 1 N–H and O–H groups in total. The summed E-state index contributed by atoms with van der Waals surface area (Å²) in [5, 5.41) is 9.28. The van der Waals surface area contributed by atoms with Gasteiger partial charge in [-0.25, -0.2) is 0 Å². The van der Waals surface area contributed by atoms with Crippen molar-refractivity contribution >= 4 is 21.9 Å². The Kier molecular flexibility index (Phi) is 5.37. The molecular weight excluding hydrogens is 348 g/mol. The largest absolute Gasteiger partial charge is 0.493 e. The van der Waals surface area contributed by atoms with Crippen molar-refractivity contribution in [2.75, 3.05) is 7.11 Å². The third-order valence-corrected chi connectivity index (χ3v) is 4.69. The molecule has 1 aromatic rings. The van der Waals surface area contributed by atoms with E-state index < -0.39 is 11.4 Å². The first-order valence-electron chi connectivity index (χ1n) is 7.60. The first-order valence-corrected chi connectivity index (χ1v) is 8.39. The Balaban J connectivity index is 2.24. The number of benzene rings is 1. The molecule has 0 saturated heterocycles. The van der Waals surface area contributed by atoms with Crippen molar-refractivity contribution in [3.05, 3.63) is 22.2 Å². The Hall–Kier alpha value is -1.23. The van der Waals surface area contributed by atoms with Crippen LogP contribution >= 0.6 is 15.9 Å². The zero-order valence-electron chi connectivity index (χ0n) is 13.3. The number of hydrogen-bond donors (Lipinski definition) is 1. The van der Waals surface area contributed by atoms with E-state index in [1.54, 1.807) is 21.0 Å². The van der Waals surface area contributed by atoms with Crippen molar-refractivity contribution < 1.29 is 19.4 Å². The van der Waals surface area contributed by atoms with E-state index in [9.17, 15) is 9.90 Å². The molecule has 5 heteroatoms. The van der Waals surface area contributed by atoms with Crippen LogP contribution in [-0.4, -0.2) is 24.3 Å². The van der Waals surface area contributed by atoms with Gasteiger partial charge in [-0.1, -0.05) is 0 Å². The van der Waals surface area contributed by atoms with E-state index in [0.717, 1.165) is 22.9 Å². The smallest absolute Gasteiger partial charge is 0.309 e. The summed E-state index contributed by atoms with van der Waals surface area (Å²) in [5.74, 6) is 0.553. The van der Waals surface area contributed by atoms with Crippen molar-refractivity contribution in [3.8, 4) is 11.5 Å². The average Bonchev–Trinajstić information content (AvgIpc) is 2.93. The number of ether oxygens (including phenoxy) is 2. The van der Waals surface area contributed by atoms with E-state index in [1.807, 2.05) is 12.1 Å². The minimum absolute atomic E-state index is 0.242. The van der Waals surface area contributed by atoms with Crippen LogP contribution in [0.1, 0.15) is 45.1 Å². The van der Waals surface area contributed by atoms with Gasteiger partial charge in [0.2, 0.25) is 0 Å². The second-order valence-corrected chi connectivity index (χ2v) is 7.35. The number of hydrogen-bond acceptors (Lipinski definition) is 3. The van der Waals surface area contributed by atoms with E-state index >= 15 is 0 Å². The molecule has 0 aromatic heterocycles. The van der Waals surface area contributed by atoms with Gasteiger partial charge in [0.05, 0.1) is 23.1 Å². The average molecular weight is 371 g/mol. The Labute approximate surface area is 139 Å². The Morgan fingerprint density at radius 2 is 2.00 bits per heavy atom. The molecule has 1 saturated carbocycles. The maximum atomic E-state index is 11.3. The number of rotatable bonds is 6. The van der Waals surface area contributed by atoms with Crippen molar-refractivity contribution in [1.82, 2.24) is 0 Å². The van der Waals surface area contributed by atoms with Gasteiger partial charge >= 0.3 is 5.97 Å². The van der Waals surface area contributed by atoms with Crippen LogP contribution in [0.3, 0.4) is 0 Å². The predicted octanol–water partition coefficient (Wildman–Crippen LogP) is 4.43. The Morgan fingerprint density at radius 3 is 2.55 bits per heavy atom. The summed E-state index contributed by atoms with van der Waals surface area (Å²) in [6, 6.07) is 3.80. The van der Waals surface area contributed by atoms with Crippen LogP contribution in [0.25, 0.3) is 0 Å². The molecule has 0 aliphatic heterocycles. The number of carboxylic acid groups (broad SMARTS) is 1. The second-order valence-electron chi connectivity index (χ2n) is 6.50. The summed E-state index contributed by atoms with van der Waals surface area (Å²) in [5.41, 5.74) is 0.0908. The molecule has 22 heavy (non-hydrogen) atoms. The highest BCUT2D eigenvalue weighted by atomic mass is 79.9. The zero-order chi connectivity index (χ0) is 16.3. The van der Waals surface area contributed by atoms with Crippen molar-refractivity contribution in [1.29, 1.82) is 0 Å². The molecule has 0 radical (unpaired) electrons. The van der Waals surface area contributed by atoms with Gasteiger partial charge in [-0.15, -0.1) is 0 Å². The molecule has 4 nitrogen and oxygen atoms in total. The van der Waals surface area contributed by atoms with Gasteiger partial charge in [0.15, 0.2) is 11.5 Å². The molecular formula is C17H23BrO4. The van der Waals surface area contributed by atoms with Gasteiger partial charge in [-0.05, 0) is 79.6 Å². The summed E-state index contributed by atoms with van der Waals surface area (Å²) in [7, 11) is 1.61. The van der Waals surface area contributed by atoms with Crippen LogP contribution in [-0.2, 0) is 11.2 Å². The van der Waals surface area contributed by atoms with Gasteiger partial charge in [0.25, 0.3) is 0 Å². The lowest BCUT2D eigenvalue weighted by atomic mass is 9.86. The van der Waals surface area contributed by atoms with E-state index in [4.69, 9.17) is 9.47 Å². The highest BCUT2D eigenvalue weighted by molar-refractivity contribution is 9.10. The predicted molar refractivity (Wildman–Crippen MR) is 88.7 cm³/mol. The van der Waals surface area contributed by atoms with E-state index in [-0.39, 0.29) is 6.10 Å². The molecule has 1 fully saturated rings. The minimum atomic E-state index is -0.821. The van der Waals surface area contributed by atoms with Gasteiger partial charge in [0.1, 0.15) is 0 Å². The summed E-state index contributed by atoms with van der Waals surface area (Å²) in [6.45, 7) is 3.44. The van der Waals surface area contributed by atoms with Crippen molar-refractivity contribution in [2.24, 2.45) is 5.41 Å². The highest BCUT2D eigenvalue weighted by Gasteiger charge is 2.28. The lowest BCUT2D eigenvalue weighted by Gasteiger charge is -2.22. The summed E-state index contributed by atoms with van der Waals surface area (Å²) >= 11 is 3.54. The third-order valence-electron chi connectivity index (χ3n) is 4.10. The number of halogens is 1. The fraction of sp³-hybridized carbons (Fsp3) is 0.588. The topological polar surface area (TPSA) is 55.8 Å².